The fourth-order valence-electron chi connectivity index (χ4n) is 5.87. The standard InChI is InChI=1S/C20H25NO4.ClH/c22-15-3-1-2-13-14-9-12-16(20(13,15)6-7-21-14)11(8-10-4-5-10)17(23)19(25)18(12)24;/h10,13-14,21,23-25H,1-9H2;1H/t13-,14+,20+;/m0./s1. The number of phenolic OH excluding ortho intramolecular Hbond substituents is 3. The monoisotopic (exact) mass is 379 g/mol. The van der Waals surface area contributed by atoms with E-state index in [4.69, 9.17) is 0 Å². The Morgan fingerprint density at radius 3 is 2.58 bits per heavy atom. The molecule has 0 amide bonds. The molecule has 1 heterocycles. The lowest BCUT2D eigenvalue weighted by atomic mass is 9.51. The minimum atomic E-state index is -0.589. The van der Waals surface area contributed by atoms with E-state index in [-0.39, 0.29) is 41.6 Å². The molecule has 0 unspecified atom stereocenters. The number of nitrogens with one attached hydrogen (secondary N) is 1. The van der Waals surface area contributed by atoms with Gasteiger partial charge in [0.1, 0.15) is 5.78 Å². The number of halogens is 1. The first kappa shape index (κ1) is 17.9. The molecule has 2 bridgehead atoms. The van der Waals surface area contributed by atoms with E-state index in [2.05, 4.69) is 5.32 Å². The second-order valence-corrected chi connectivity index (χ2v) is 8.43. The summed E-state index contributed by atoms with van der Waals surface area (Å²) < 4.78 is 0. The molecular weight excluding hydrogens is 354 g/mol. The van der Waals surface area contributed by atoms with Crippen molar-refractivity contribution in [3.8, 4) is 17.2 Å². The van der Waals surface area contributed by atoms with Crippen LogP contribution in [0.4, 0.5) is 0 Å². The van der Waals surface area contributed by atoms with Gasteiger partial charge in [0, 0.05) is 23.6 Å². The van der Waals surface area contributed by atoms with Crippen molar-refractivity contribution in [3.63, 3.8) is 0 Å². The molecule has 0 aromatic heterocycles. The van der Waals surface area contributed by atoms with Crippen molar-refractivity contribution in [3.05, 3.63) is 16.7 Å². The minimum absolute atomic E-state index is 0. The summed E-state index contributed by atoms with van der Waals surface area (Å²) in [4.78, 5) is 13.2. The summed E-state index contributed by atoms with van der Waals surface area (Å²) in [5, 5.41) is 35.0. The first-order valence-electron chi connectivity index (χ1n) is 9.59. The van der Waals surface area contributed by atoms with Crippen molar-refractivity contribution in [2.75, 3.05) is 6.54 Å². The minimum Gasteiger partial charge on any atom is -0.504 e. The van der Waals surface area contributed by atoms with E-state index in [1.807, 2.05) is 0 Å². The zero-order chi connectivity index (χ0) is 17.3. The summed E-state index contributed by atoms with van der Waals surface area (Å²) in [6.45, 7) is 0.789. The number of aromatic hydroxyl groups is 3. The molecule has 3 aliphatic carbocycles. The summed E-state index contributed by atoms with van der Waals surface area (Å²) in [6, 6.07) is 0.161. The van der Waals surface area contributed by atoms with E-state index in [0.29, 0.717) is 30.7 Å². The van der Waals surface area contributed by atoms with Crippen LogP contribution in [0.15, 0.2) is 0 Å². The summed E-state index contributed by atoms with van der Waals surface area (Å²) in [7, 11) is 0. The number of hydrogen-bond acceptors (Lipinski definition) is 5. The molecule has 1 aliphatic heterocycles. The SMILES string of the molecule is Cl.O=C1CCC[C@H]2[C@H]3Cc4c(O)c(O)c(O)c(CC5CC5)c4[C@@]12CCN3. The predicted octanol–water partition coefficient (Wildman–Crippen LogP) is 2.70. The molecule has 3 fully saturated rings. The normalized spacial score (nSPS) is 32.4. The molecule has 1 aromatic carbocycles. The van der Waals surface area contributed by atoms with Crippen molar-refractivity contribution >= 4 is 18.2 Å². The summed E-state index contributed by atoms with van der Waals surface area (Å²) in [5.41, 5.74) is 1.71. The number of piperidine rings is 1. The van der Waals surface area contributed by atoms with Crippen LogP contribution < -0.4 is 5.32 Å². The first-order chi connectivity index (χ1) is 12.0. The fraction of sp³-hybridized carbons (Fsp3) is 0.650. The predicted molar refractivity (Wildman–Crippen MR) is 99.3 cm³/mol. The van der Waals surface area contributed by atoms with Gasteiger partial charge >= 0.3 is 0 Å². The highest BCUT2D eigenvalue weighted by molar-refractivity contribution is 5.94. The van der Waals surface area contributed by atoms with Gasteiger partial charge in [0.2, 0.25) is 5.75 Å². The lowest BCUT2D eigenvalue weighted by Crippen LogP contribution is -2.63. The zero-order valence-electron chi connectivity index (χ0n) is 14.8. The van der Waals surface area contributed by atoms with Crippen LogP contribution in [0.2, 0.25) is 0 Å². The number of carbonyl (C=O) groups is 1. The largest absolute Gasteiger partial charge is 0.504 e. The highest BCUT2D eigenvalue weighted by Crippen LogP contribution is 2.59. The molecule has 5 nitrogen and oxygen atoms in total. The zero-order valence-corrected chi connectivity index (χ0v) is 15.6. The van der Waals surface area contributed by atoms with Gasteiger partial charge in [-0.1, -0.05) is 0 Å². The Labute approximate surface area is 159 Å². The average Bonchev–Trinajstić information content (AvgIpc) is 3.41. The molecule has 1 aromatic rings. The maximum atomic E-state index is 13.2. The maximum Gasteiger partial charge on any atom is 0.200 e. The van der Waals surface area contributed by atoms with Crippen LogP contribution in [0.5, 0.6) is 17.2 Å². The number of Topliss-reactive ketones (excluding diaryl/α,β-unsaturated/α-hetero) is 1. The number of phenols is 3. The molecule has 5 rings (SSSR count). The quantitative estimate of drug-likeness (QED) is 0.593. The van der Waals surface area contributed by atoms with E-state index >= 15 is 0 Å². The summed E-state index contributed by atoms with van der Waals surface area (Å²) in [6.07, 6.45) is 6.80. The molecular formula is C20H26ClNO4. The first-order valence-corrected chi connectivity index (χ1v) is 9.59. The van der Waals surface area contributed by atoms with Gasteiger partial charge in [0.05, 0.1) is 5.41 Å². The number of carbonyl (C=O) groups excluding carboxylic acids is 1. The van der Waals surface area contributed by atoms with E-state index in [1.54, 1.807) is 0 Å². The number of rotatable bonds is 2. The molecule has 4 N–H and O–H groups in total. The number of ketones is 1. The highest BCUT2D eigenvalue weighted by Gasteiger charge is 2.58. The van der Waals surface area contributed by atoms with Crippen molar-refractivity contribution < 1.29 is 20.1 Å². The smallest absolute Gasteiger partial charge is 0.200 e. The Morgan fingerprint density at radius 1 is 1.08 bits per heavy atom. The number of hydrogen-bond donors (Lipinski definition) is 4. The third-order valence-corrected chi connectivity index (χ3v) is 7.14. The molecule has 26 heavy (non-hydrogen) atoms. The molecule has 142 valence electrons. The Hall–Kier alpha value is -1.46. The fourth-order valence-corrected chi connectivity index (χ4v) is 5.87. The average molecular weight is 380 g/mol. The Bertz CT molecular complexity index is 776. The molecule has 3 atom stereocenters. The van der Waals surface area contributed by atoms with Crippen LogP contribution >= 0.6 is 12.4 Å². The van der Waals surface area contributed by atoms with Gasteiger partial charge in [-0.2, -0.15) is 0 Å². The Kier molecular flexibility index (Phi) is 4.16. The second-order valence-electron chi connectivity index (χ2n) is 8.43. The molecule has 2 saturated carbocycles. The van der Waals surface area contributed by atoms with Gasteiger partial charge < -0.3 is 20.6 Å². The summed E-state index contributed by atoms with van der Waals surface area (Å²) >= 11 is 0. The van der Waals surface area contributed by atoms with Crippen LogP contribution in [0.1, 0.15) is 55.2 Å². The van der Waals surface area contributed by atoms with Gasteiger partial charge in [0.25, 0.3) is 0 Å². The van der Waals surface area contributed by atoms with Crippen LogP contribution in [0.25, 0.3) is 0 Å². The van der Waals surface area contributed by atoms with Crippen LogP contribution in [0, 0.1) is 11.8 Å². The van der Waals surface area contributed by atoms with Crippen molar-refractivity contribution in [1.82, 2.24) is 5.32 Å². The lowest BCUT2D eigenvalue weighted by molar-refractivity contribution is -0.132. The van der Waals surface area contributed by atoms with Crippen LogP contribution in [0.3, 0.4) is 0 Å². The van der Waals surface area contributed by atoms with Crippen molar-refractivity contribution in [2.24, 2.45) is 11.8 Å². The van der Waals surface area contributed by atoms with E-state index in [9.17, 15) is 20.1 Å². The van der Waals surface area contributed by atoms with Crippen molar-refractivity contribution in [1.29, 1.82) is 0 Å². The Morgan fingerprint density at radius 2 is 1.85 bits per heavy atom. The Balaban J connectivity index is 0.00000168. The van der Waals surface area contributed by atoms with E-state index in [1.165, 1.54) is 0 Å². The van der Waals surface area contributed by atoms with E-state index in [0.717, 1.165) is 49.8 Å². The second kappa shape index (κ2) is 6.03. The third-order valence-electron chi connectivity index (χ3n) is 7.14. The summed E-state index contributed by atoms with van der Waals surface area (Å²) in [5.74, 6) is 0.176. The molecule has 6 heteroatoms. The van der Waals surface area contributed by atoms with Gasteiger partial charge in [-0.15, -0.1) is 12.4 Å². The van der Waals surface area contributed by atoms with E-state index < -0.39 is 11.2 Å². The topological polar surface area (TPSA) is 89.8 Å². The van der Waals surface area contributed by atoms with Crippen molar-refractivity contribution in [2.45, 2.75) is 62.8 Å². The third kappa shape index (κ3) is 2.23. The van der Waals surface area contributed by atoms with Gasteiger partial charge in [-0.3, -0.25) is 4.79 Å². The van der Waals surface area contributed by atoms with Gasteiger partial charge in [-0.25, -0.2) is 0 Å². The number of benzene rings is 1. The lowest BCUT2D eigenvalue weighted by Gasteiger charge is -2.55. The molecule has 1 saturated heterocycles. The molecule has 0 spiro atoms. The van der Waals surface area contributed by atoms with Crippen LogP contribution in [-0.2, 0) is 23.1 Å². The van der Waals surface area contributed by atoms with Gasteiger partial charge in [0.15, 0.2) is 11.5 Å². The number of fused-ring (bicyclic) bond motifs is 1. The molecule has 4 aliphatic rings. The maximum absolute atomic E-state index is 13.2. The molecule has 0 radical (unpaired) electrons. The van der Waals surface area contributed by atoms with Gasteiger partial charge in [-0.05, 0) is 68.9 Å². The van der Waals surface area contributed by atoms with Crippen LogP contribution in [-0.4, -0.2) is 33.7 Å². The highest BCUT2D eigenvalue weighted by atomic mass is 35.5.